The van der Waals surface area contributed by atoms with Gasteiger partial charge in [-0.2, -0.15) is 0 Å². The van der Waals surface area contributed by atoms with Gasteiger partial charge < -0.3 is 29.0 Å². The number of hydrogen-bond donors (Lipinski definition) is 2. The smallest absolute Gasteiger partial charge is 0.323 e. The van der Waals surface area contributed by atoms with Crippen LogP contribution in [0.25, 0.3) is 11.2 Å². The summed E-state index contributed by atoms with van der Waals surface area (Å²) in [4.78, 5) is 36.3. The highest BCUT2D eigenvalue weighted by Gasteiger charge is 2.30. The molecule has 0 aromatic carbocycles. The molecule has 3 atom stereocenters. The lowest BCUT2D eigenvalue weighted by molar-refractivity contribution is -0.148. The van der Waals surface area contributed by atoms with E-state index < -0.39 is 31.6 Å². The van der Waals surface area contributed by atoms with Crippen molar-refractivity contribution in [2.45, 2.75) is 79.7 Å². The van der Waals surface area contributed by atoms with Crippen molar-refractivity contribution in [1.29, 1.82) is 0 Å². The van der Waals surface area contributed by atoms with Gasteiger partial charge in [0.15, 0.2) is 11.5 Å². The second kappa shape index (κ2) is 14.8. The molecule has 36 heavy (non-hydrogen) atoms. The van der Waals surface area contributed by atoms with Crippen molar-refractivity contribution in [3.8, 4) is 0 Å². The third kappa shape index (κ3) is 9.81. The van der Waals surface area contributed by atoms with Gasteiger partial charge in [-0.25, -0.2) is 20.0 Å². The number of carbonyl (C=O) groups excluding carboxylic acids is 2. The molecule has 0 aliphatic rings. The molecule has 0 saturated carbocycles. The molecule has 0 amide bonds. The zero-order valence-electron chi connectivity index (χ0n) is 20.8. The Morgan fingerprint density at radius 1 is 1.17 bits per heavy atom. The Morgan fingerprint density at radius 2 is 1.89 bits per heavy atom. The lowest BCUT2D eigenvalue weighted by atomic mass is 10.4. The summed E-state index contributed by atoms with van der Waals surface area (Å²) in [6, 6.07) is -0.911. The highest BCUT2D eigenvalue weighted by atomic mass is 31.2. The van der Waals surface area contributed by atoms with E-state index in [0.29, 0.717) is 24.1 Å². The molecule has 2 aromatic rings. The molecule has 1 unspecified atom stereocenters. The van der Waals surface area contributed by atoms with Gasteiger partial charge in [0.05, 0.1) is 44.7 Å². The van der Waals surface area contributed by atoms with E-state index in [1.807, 2.05) is 6.92 Å². The number of hydrogen-bond acceptors (Lipinski definition) is 11. The highest BCUT2D eigenvalue weighted by Crippen LogP contribution is 2.43. The number of nitrogens with two attached hydrogens (primary N) is 1. The summed E-state index contributed by atoms with van der Waals surface area (Å²) in [5, 5.41) is 2.69. The minimum atomic E-state index is -3.70. The summed E-state index contributed by atoms with van der Waals surface area (Å²) >= 11 is 0. The Labute approximate surface area is 212 Å². The zero-order valence-corrected chi connectivity index (χ0v) is 21.7. The Hall–Kier alpha value is -2.60. The molecular formula is C22H39N6O7P. The number of ether oxygens (including phenoxy) is 3. The Morgan fingerprint density at radius 3 is 2.56 bits per heavy atom. The summed E-state index contributed by atoms with van der Waals surface area (Å²) in [6.45, 7) is 9.04. The number of esters is 2. The number of nitrogens with zero attached hydrogens (tertiary/aromatic N) is 4. The summed E-state index contributed by atoms with van der Waals surface area (Å²) in [5.74, 6) is -0.779. The number of rotatable bonds is 15. The maximum Gasteiger partial charge on any atom is 0.323 e. The van der Waals surface area contributed by atoms with E-state index in [1.54, 1.807) is 31.7 Å². The van der Waals surface area contributed by atoms with Crippen LogP contribution in [-0.4, -0.2) is 69.3 Å². The lowest BCUT2D eigenvalue weighted by Gasteiger charge is -2.24. The second-order valence-electron chi connectivity index (χ2n) is 8.25. The summed E-state index contributed by atoms with van der Waals surface area (Å²) < 4.78 is 36.7. The third-order valence-corrected chi connectivity index (χ3v) is 6.45. The van der Waals surface area contributed by atoms with Gasteiger partial charge in [-0.3, -0.25) is 14.2 Å². The van der Waals surface area contributed by atoms with Gasteiger partial charge in [-0.15, -0.1) is 0 Å². The van der Waals surface area contributed by atoms with E-state index in [2.05, 4.69) is 20.0 Å². The summed E-state index contributed by atoms with van der Waals surface area (Å²) in [6.07, 6.45) is 2.41. The normalized spacial score (nSPS) is 14.6. The van der Waals surface area contributed by atoms with Crippen molar-refractivity contribution >= 4 is 36.4 Å². The Balaban J connectivity index is 0.00000648. The molecule has 3 N–H and O–H groups in total. The number of anilines is 1. The average Bonchev–Trinajstić information content (AvgIpc) is 3.19. The van der Waals surface area contributed by atoms with Gasteiger partial charge in [0, 0.05) is 0 Å². The first-order valence-electron chi connectivity index (χ1n) is 11.4. The first-order chi connectivity index (χ1) is 16.5. The van der Waals surface area contributed by atoms with E-state index >= 15 is 0 Å². The van der Waals surface area contributed by atoms with Gasteiger partial charge >= 0.3 is 11.9 Å². The number of aromatic nitrogens is 4. The summed E-state index contributed by atoms with van der Waals surface area (Å²) in [5.41, 5.74) is 6.84. The molecule has 2 aromatic heterocycles. The SMILES string of the molecule is C.CCCOC(=O)[C@H](C)NP(=O)(CO[C@H](C)Cn1cnc2c(N)ncnc21)OCCC(=O)OC(C)C. The van der Waals surface area contributed by atoms with Crippen LogP contribution in [0.1, 0.15) is 54.9 Å². The molecule has 14 heteroatoms. The maximum atomic E-state index is 13.5. The van der Waals surface area contributed by atoms with Crippen LogP contribution < -0.4 is 10.8 Å². The van der Waals surface area contributed by atoms with Gasteiger partial charge in [-0.05, 0) is 34.1 Å². The maximum absolute atomic E-state index is 13.5. The second-order valence-corrected chi connectivity index (χ2v) is 10.4. The molecule has 13 nitrogen and oxygen atoms in total. The topological polar surface area (TPSA) is 170 Å². The van der Waals surface area contributed by atoms with Crippen LogP contribution in [0.4, 0.5) is 5.82 Å². The van der Waals surface area contributed by atoms with Crippen LogP contribution in [0, 0.1) is 0 Å². The molecule has 2 heterocycles. The first-order valence-corrected chi connectivity index (χ1v) is 13.3. The van der Waals surface area contributed by atoms with Crippen LogP contribution >= 0.6 is 7.52 Å². The van der Waals surface area contributed by atoms with Crippen LogP contribution in [0.5, 0.6) is 0 Å². The molecule has 0 aliphatic carbocycles. The largest absolute Gasteiger partial charge is 0.465 e. The van der Waals surface area contributed by atoms with E-state index in [9.17, 15) is 14.2 Å². The fourth-order valence-electron chi connectivity index (χ4n) is 2.97. The molecule has 2 rings (SSSR count). The highest BCUT2D eigenvalue weighted by molar-refractivity contribution is 7.56. The van der Waals surface area contributed by atoms with Crippen LogP contribution in [0.3, 0.4) is 0 Å². The standard InChI is InChI=1S/C21H35N6O7P.CH4/c1-6-8-31-21(29)16(5)26-35(30,33-9-7-17(28)34-14(2)3)13-32-15(4)10-27-12-25-18-19(22)23-11-24-20(18)27;/h11-12,14-16H,6-10,13H2,1-5H3,(H,26,30)(H2,22,23,24);1H4/t15-,16+,35?;/m1./s1. The van der Waals surface area contributed by atoms with Crippen molar-refractivity contribution in [3.05, 3.63) is 12.7 Å². The Bertz CT molecular complexity index is 1030. The van der Waals surface area contributed by atoms with Crippen molar-refractivity contribution < 1.29 is 32.9 Å². The predicted molar refractivity (Wildman–Crippen MR) is 135 cm³/mol. The molecule has 0 aliphatic heterocycles. The van der Waals surface area contributed by atoms with Crippen molar-refractivity contribution in [2.75, 3.05) is 25.3 Å². The molecule has 0 spiro atoms. The fraction of sp³-hybridized carbons (Fsp3) is 0.682. The zero-order chi connectivity index (χ0) is 26.0. The molecule has 0 fully saturated rings. The van der Waals surface area contributed by atoms with E-state index in [0.717, 1.165) is 0 Å². The number of nitrogen functional groups attached to an aromatic ring is 1. The van der Waals surface area contributed by atoms with E-state index in [1.165, 1.54) is 13.3 Å². The molecule has 0 radical (unpaired) electrons. The first kappa shape index (κ1) is 31.4. The average molecular weight is 531 g/mol. The number of fused-ring (bicyclic) bond motifs is 1. The molecule has 204 valence electrons. The monoisotopic (exact) mass is 530 g/mol. The minimum absolute atomic E-state index is 0. The van der Waals surface area contributed by atoms with E-state index in [4.69, 9.17) is 24.5 Å². The van der Waals surface area contributed by atoms with Gasteiger partial charge in [0.2, 0.25) is 0 Å². The number of carbonyl (C=O) groups is 2. The van der Waals surface area contributed by atoms with Gasteiger partial charge in [0.1, 0.15) is 24.2 Å². The number of imidazole rings is 1. The van der Waals surface area contributed by atoms with Crippen molar-refractivity contribution in [1.82, 2.24) is 24.6 Å². The molecular weight excluding hydrogens is 491 g/mol. The predicted octanol–water partition coefficient (Wildman–Crippen LogP) is 2.89. The van der Waals surface area contributed by atoms with Crippen LogP contribution in [0.15, 0.2) is 12.7 Å². The molecule has 0 bridgehead atoms. The van der Waals surface area contributed by atoms with E-state index in [-0.39, 0.29) is 45.3 Å². The lowest BCUT2D eigenvalue weighted by Crippen LogP contribution is -2.35. The quantitative estimate of drug-likeness (QED) is 0.255. The molecule has 0 saturated heterocycles. The third-order valence-electron chi connectivity index (χ3n) is 4.58. The summed E-state index contributed by atoms with van der Waals surface area (Å²) in [7, 11) is -3.70. The number of nitrogens with one attached hydrogen (secondary N) is 1. The van der Waals surface area contributed by atoms with Crippen LogP contribution in [0.2, 0.25) is 0 Å². The fourth-order valence-corrected chi connectivity index (χ4v) is 4.73. The van der Waals surface area contributed by atoms with Crippen molar-refractivity contribution in [3.63, 3.8) is 0 Å². The Kier molecular flexibility index (Phi) is 13.0. The van der Waals surface area contributed by atoms with Crippen LogP contribution in [-0.2, 0) is 39.4 Å². The van der Waals surface area contributed by atoms with Gasteiger partial charge in [0.25, 0.3) is 7.52 Å². The van der Waals surface area contributed by atoms with Crippen molar-refractivity contribution in [2.24, 2.45) is 0 Å². The minimum Gasteiger partial charge on any atom is -0.465 e. The van der Waals surface area contributed by atoms with Gasteiger partial charge in [-0.1, -0.05) is 14.4 Å².